The molecule has 1 nitrogen and oxygen atoms in total. The average Bonchev–Trinajstić information content (AvgIpc) is 2.09. The van der Waals surface area contributed by atoms with Gasteiger partial charge < -0.3 is 0 Å². The van der Waals surface area contributed by atoms with Crippen molar-refractivity contribution in [3.05, 3.63) is 40.4 Å². The predicted octanol–water partition coefficient (Wildman–Crippen LogP) is 2.96. The number of allylic oxidation sites excluding steroid dienone is 1. The van der Waals surface area contributed by atoms with Crippen molar-refractivity contribution in [2.45, 2.75) is 6.42 Å². The normalized spacial score (nSPS) is 10.4. The SMILES string of the molecule is O=[C]CC=Cc1ccccc1Br. The maximum atomic E-state index is 9.89. The second-order valence-corrected chi connectivity index (χ2v) is 3.13. The van der Waals surface area contributed by atoms with E-state index in [0.29, 0.717) is 6.42 Å². The van der Waals surface area contributed by atoms with Gasteiger partial charge in [0, 0.05) is 10.9 Å². The van der Waals surface area contributed by atoms with Crippen molar-refractivity contribution >= 4 is 28.3 Å². The highest BCUT2D eigenvalue weighted by atomic mass is 79.9. The van der Waals surface area contributed by atoms with Crippen molar-refractivity contribution in [2.24, 2.45) is 0 Å². The minimum Gasteiger partial charge on any atom is -0.291 e. The maximum Gasteiger partial charge on any atom is 0.202 e. The molecular formula is C10H8BrO. The zero-order chi connectivity index (χ0) is 8.81. The number of rotatable bonds is 3. The highest BCUT2D eigenvalue weighted by molar-refractivity contribution is 9.10. The van der Waals surface area contributed by atoms with E-state index in [-0.39, 0.29) is 0 Å². The zero-order valence-electron chi connectivity index (χ0n) is 6.46. The predicted molar refractivity (Wildman–Crippen MR) is 53.5 cm³/mol. The van der Waals surface area contributed by atoms with E-state index in [1.165, 1.54) is 0 Å². The molecule has 0 aliphatic carbocycles. The van der Waals surface area contributed by atoms with E-state index in [2.05, 4.69) is 15.9 Å². The van der Waals surface area contributed by atoms with Crippen molar-refractivity contribution in [3.8, 4) is 0 Å². The summed E-state index contributed by atoms with van der Waals surface area (Å²) >= 11 is 3.40. The van der Waals surface area contributed by atoms with E-state index in [4.69, 9.17) is 0 Å². The summed E-state index contributed by atoms with van der Waals surface area (Å²) in [6.07, 6.45) is 5.84. The van der Waals surface area contributed by atoms with Crippen LogP contribution in [0.15, 0.2) is 34.8 Å². The van der Waals surface area contributed by atoms with Gasteiger partial charge in [0.2, 0.25) is 6.29 Å². The minimum atomic E-state index is 0.349. The first-order chi connectivity index (χ1) is 5.84. The molecule has 1 aromatic carbocycles. The molecule has 1 radical (unpaired) electrons. The molecule has 0 aromatic heterocycles. The second-order valence-electron chi connectivity index (χ2n) is 2.27. The number of halogens is 1. The van der Waals surface area contributed by atoms with Gasteiger partial charge in [-0.2, -0.15) is 0 Å². The van der Waals surface area contributed by atoms with Crippen LogP contribution in [-0.2, 0) is 4.79 Å². The molecule has 12 heavy (non-hydrogen) atoms. The second kappa shape index (κ2) is 4.88. The Balaban J connectivity index is 2.74. The molecule has 0 bridgehead atoms. The molecule has 61 valence electrons. The molecule has 0 saturated heterocycles. The molecule has 0 unspecified atom stereocenters. The summed E-state index contributed by atoms with van der Waals surface area (Å²) in [6.45, 7) is 0. The standard InChI is InChI=1S/C10H8BrO/c11-10-7-2-1-5-9(10)6-3-4-8-12/h1-3,5-7H,4H2. The first kappa shape index (κ1) is 9.20. The molecule has 1 rings (SSSR count). The van der Waals surface area contributed by atoms with Gasteiger partial charge >= 0.3 is 0 Å². The largest absolute Gasteiger partial charge is 0.291 e. The Kier molecular flexibility index (Phi) is 3.74. The van der Waals surface area contributed by atoms with Crippen molar-refractivity contribution in [1.82, 2.24) is 0 Å². The highest BCUT2D eigenvalue weighted by Gasteiger charge is 1.91. The topological polar surface area (TPSA) is 17.1 Å². The summed E-state index contributed by atoms with van der Waals surface area (Å²) in [5.74, 6) is 0. The number of hydrogen-bond donors (Lipinski definition) is 0. The van der Waals surface area contributed by atoms with E-state index in [0.717, 1.165) is 10.0 Å². The van der Waals surface area contributed by atoms with Gasteiger partial charge in [-0.1, -0.05) is 46.3 Å². The summed E-state index contributed by atoms with van der Waals surface area (Å²) < 4.78 is 1.03. The Morgan fingerprint density at radius 3 is 2.83 bits per heavy atom. The summed E-state index contributed by atoms with van der Waals surface area (Å²) in [6, 6.07) is 7.85. The van der Waals surface area contributed by atoms with Gasteiger partial charge in [0.25, 0.3) is 0 Å². The number of carbonyl (C=O) groups excluding carboxylic acids is 1. The molecule has 0 amide bonds. The van der Waals surface area contributed by atoms with E-state index in [1.54, 1.807) is 12.4 Å². The third kappa shape index (κ3) is 2.62. The fourth-order valence-corrected chi connectivity index (χ4v) is 1.26. The average molecular weight is 224 g/mol. The molecule has 0 aliphatic rings. The van der Waals surface area contributed by atoms with Gasteiger partial charge in [0.15, 0.2) is 0 Å². The zero-order valence-corrected chi connectivity index (χ0v) is 8.04. The lowest BCUT2D eigenvalue weighted by molar-refractivity contribution is 0.556. The van der Waals surface area contributed by atoms with Crippen molar-refractivity contribution < 1.29 is 4.79 Å². The van der Waals surface area contributed by atoms with Crippen LogP contribution in [0.25, 0.3) is 6.08 Å². The Labute approximate surface area is 80.2 Å². The Hall–Kier alpha value is -0.890. The summed E-state index contributed by atoms with van der Waals surface area (Å²) in [5.41, 5.74) is 1.08. The number of benzene rings is 1. The van der Waals surface area contributed by atoms with Crippen LogP contribution in [0.3, 0.4) is 0 Å². The molecule has 0 spiro atoms. The van der Waals surface area contributed by atoms with E-state index < -0.39 is 0 Å². The molecule has 0 heterocycles. The minimum absolute atomic E-state index is 0.349. The summed E-state index contributed by atoms with van der Waals surface area (Å²) in [5, 5.41) is 0. The molecule has 2 heteroatoms. The third-order valence-corrected chi connectivity index (χ3v) is 2.13. The van der Waals surface area contributed by atoms with Gasteiger partial charge in [-0.05, 0) is 11.6 Å². The molecule has 0 atom stereocenters. The number of hydrogen-bond acceptors (Lipinski definition) is 1. The van der Waals surface area contributed by atoms with Crippen LogP contribution in [0.5, 0.6) is 0 Å². The molecular weight excluding hydrogens is 216 g/mol. The van der Waals surface area contributed by atoms with E-state index in [1.807, 2.05) is 30.3 Å². The molecule has 0 fully saturated rings. The van der Waals surface area contributed by atoms with Crippen LogP contribution in [0.4, 0.5) is 0 Å². The fraction of sp³-hybridized carbons (Fsp3) is 0.100. The Bertz CT molecular complexity index is 292. The van der Waals surface area contributed by atoms with Crippen LogP contribution in [0, 0.1) is 0 Å². The molecule has 0 aliphatic heterocycles. The van der Waals surface area contributed by atoms with Crippen LogP contribution >= 0.6 is 15.9 Å². The van der Waals surface area contributed by atoms with Gasteiger partial charge in [0.1, 0.15) is 0 Å². The van der Waals surface area contributed by atoms with E-state index in [9.17, 15) is 4.79 Å². The Morgan fingerprint density at radius 1 is 1.42 bits per heavy atom. The highest BCUT2D eigenvalue weighted by Crippen LogP contribution is 2.16. The lowest BCUT2D eigenvalue weighted by Crippen LogP contribution is -1.73. The fourth-order valence-electron chi connectivity index (χ4n) is 0.844. The maximum absolute atomic E-state index is 9.89. The van der Waals surface area contributed by atoms with Gasteiger partial charge in [-0.3, -0.25) is 4.79 Å². The van der Waals surface area contributed by atoms with E-state index >= 15 is 0 Å². The van der Waals surface area contributed by atoms with Gasteiger partial charge in [-0.25, -0.2) is 0 Å². The summed E-state index contributed by atoms with van der Waals surface area (Å²) in [4.78, 5) is 9.89. The van der Waals surface area contributed by atoms with Crippen molar-refractivity contribution in [3.63, 3.8) is 0 Å². The molecule has 0 saturated carbocycles. The van der Waals surface area contributed by atoms with Gasteiger partial charge in [0.05, 0.1) is 0 Å². The first-order valence-electron chi connectivity index (χ1n) is 3.60. The lowest BCUT2D eigenvalue weighted by Gasteiger charge is -1.94. The first-order valence-corrected chi connectivity index (χ1v) is 4.40. The monoisotopic (exact) mass is 223 g/mol. The third-order valence-electron chi connectivity index (χ3n) is 1.40. The lowest BCUT2D eigenvalue weighted by atomic mass is 10.2. The smallest absolute Gasteiger partial charge is 0.202 e. The Morgan fingerprint density at radius 2 is 2.17 bits per heavy atom. The van der Waals surface area contributed by atoms with Crippen LogP contribution in [0.1, 0.15) is 12.0 Å². The molecule has 1 aromatic rings. The van der Waals surface area contributed by atoms with Crippen LogP contribution in [0.2, 0.25) is 0 Å². The summed E-state index contributed by atoms with van der Waals surface area (Å²) in [7, 11) is 0. The van der Waals surface area contributed by atoms with Crippen LogP contribution < -0.4 is 0 Å². The van der Waals surface area contributed by atoms with Gasteiger partial charge in [-0.15, -0.1) is 0 Å². The quantitative estimate of drug-likeness (QED) is 0.771. The van der Waals surface area contributed by atoms with Crippen molar-refractivity contribution in [1.29, 1.82) is 0 Å². The van der Waals surface area contributed by atoms with Crippen LogP contribution in [-0.4, -0.2) is 6.29 Å². The van der Waals surface area contributed by atoms with Crippen molar-refractivity contribution in [2.75, 3.05) is 0 Å². The molecule has 0 N–H and O–H groups in total.